The number of halogens is 1. The van der Waals surface area contributed by atoms with Gasteiger partial charge in [0.05, 0.1) is 11.5 Å². The van der Waals surface area contributed by atoms with Gasteiger partial charge in [-0.3, -0.25) is 14.9 Å². The Hall–Kier alpha value is -2.26. The van der Waals surface area contributed by atoms with Gasteiger partial charge in [0.15, 0.2) is 0 Å². The molecule has 0 spiro atoms. The fraction of sp³-hybridized carbons (Fsp3) is 0.182. The average molecular weight is 269 g/mol. The van der Waals surface area contributed by atoms with E-state index in [-0.39, 0.29) is 22.9 Å². The number of carboxylic acids is 1. The second kappa shape index (κ2) is 5.89. The molecule has 1 aromatic carbocycles. The van der Waals surface area contributed by atoms with Crippen molar-refractivity contribution < 1.29 is 14.8 Å². The Morgan fingerprint density at radius 3 is 2.78 bits per heavy atom. The molecular formula is C11H9ClN2O4. The van der Waals surface area contributed by atoms with Gasteiger partial charge in [-0.1, -0.05) is 23.6 Å². The number of aliphatic carboxylic acids is 1. The topological polar surface area (TPSA) is 83.7 Å². The van der Waals surface area contributed by atoms with E-state index in [0.717, 1.165) is 0 Å². The van der Waals surface area contributed by atoms with E-state index in [1.165, 1.54) is 23.1 Å². The highest BCUT2D eigenvalue weighted by molar-refractivity contribution is 6.33. The van der Waals surface area contributed by atoms with Crippen LogP contribution in [0.2, 0.25) is 5.02 Å². The zero-order valence-corrected chi connectivity index (χ0v) is 9.92. The minimum Gasteiger partial charge on any atom is -0.480 e. The quantitative estimate of drug-likeness (QED) is 0.500. The van der Waals surface area contributed by atoms with Gasteiger partial charge < -0.3 is 10.0 Å². The third kappa shape index (κ3) is 3.12. The Kier molecular flexibility index (Phi) is 4.52. The molecule has 0 radical (unpaired) electrons. The van der Waals surface area contributed by atoms with Crippen molar-refractivity contribution in [2.45, 2.75) is 0 Å². The highest BCUT2D eigenvalue weighted by Gasteiger charge is 2.23. The molecule has 1 N–H and O–H groups in total. The molecule has 0 saturated heterocycles. The van der Waals surface area contributed by atoms with Crippen LogP contribution in [0.5, 0.6) is 0 Å². The Morgan fingerprint density at radius 2 is 2.28 bits per heavy atom. The highest BCUT2D eigenvalue weighted by atomic mass is 35.5. The number of terminal acetylenes is 1. The summed E-state index contributed by atoms with van der Waals surface area (Å²) in [7, 11) is 0. The monoisotopic (exact) mass is 268 g/mol. The second-order valence-electron chi connectivity index (χ2n) is 3.32. The number of nitrogens with zero attached hydrogens (tertiary/aromatic N) is 2. The van der Waals surface area contributed by atoms with Crippen LogP contribution >= 0.6 is 11.6 Å². The number of hydrogen-bond donors (Lipinski definition) is 1. The van der Waals surface area contributed by atoms with E-state index < -0.39 is 17.4 Å². The number of hydrogen-bond acceptors (Lipinski definition) is 4. The maximum atomic E-state index is 10.9. The number of carbonyl (C=O) groups is 1. The number of carboxylic acid groups (broad SMARTS) is 1. The number of para-hydroxylation sites is 1. The van der Waals surface area contributed by atoms with Crippen molar-refractivity contribution in [2.75, 3.05) is 18.0 Å². The first-order chi connectivity index (χ1) is 8.47. The zero-order valence-electron chi connectivity index (χ0n) is 9.17. The van der Waals surface area contributed by atoms with Crippen LogP contribution in [-0.4, -0.2) is 29.1 Å². The van der Waals surface area contributed by atoms with Gasteiger partial charge in [0.1, 0.15) is 17.3 Å². The number of rotatable bonds is 5. The summed E-state index contributed by atoms with van der Waals surface area (Å²) in [5, 5.41) is 19.6. The van der Waals surface area contributed by atoms with Crippen LogP contribution < -0.4 is 4.90 Å². The third-order valence-electron chi connectivity index (χ3n) is 2.10. The fourth-order valence-corrected chi connectivity index (χ4v) is 1.68. The summed E-state index contributed by atoms with van der Waals surface area (Å²) in [4.78, 5) is 22.2. The summed E-state index contributed by atoms with van der Waals surface area (Å²) in [6.45, 7) is -0.501. The van der Waals surface area contributed by atoms with Gasteiger partial charge in [0.25, 0.3) is 0 Å². The van der Waals surface area contributed by atoms with Gasteiger partial charge in [0.2, 0.25) is 0 Å². The summed E-state index contributed by atoms with van der Waals surface area (Å²) in [5.74, 6) is 1.11. The third-order valence-corrected chi connectivity index (χ3v) is 2.40. The minimum atomic E-state index is -1.14. The molecule has 0 aliphatic rings. The van der Waals surface area contributed by atoms with Crippen molar-refractivity contribution in [1.82, 2.24) is 0 Å². The molecule has 0 aliphatic carbocycles. The predicted molar refractivity (Wildman–Crippen MR) is 66.8 cm³/mol. The summed E-state index contributed by atoms with van der Waals surface area (Å²) >= 11 is 5.74. The molecule has 0 saturated carbocycles. The smallest absolute Gasteiger partial charge is 0.323 e. The van der Waals surface area contributed by atoms with Crippen molar-refractivity contribution in [3.63, 3.8) is 0 Å². The summed E-state index contributed by atoms with van der Waals surface area (Å²) < 4.78 is 0. The molecule has 1 aromatic rings. The second-order valence-corrected chi connectivity index (χ2v) is 3.73. The van der Waals surface area contributed by atoms with Gasteiger partial charge in [0, 0.05) is 0 Å². The van der Waals surface area contributed by atoms with Crippen LogP contribution in [0.15, 0.2) is 18.2 Å². The number of nitro benzene ring substituents is 1. The van der Waals surface area contributed by atoms with Crippen LogP contribution in [0.4, 0.5) is 11.4 Å². The Bertz CT molecular complexity index is 524. The van der Waals surface area contributed by atoms with Gasteiger partial charge in [-0.25, -0.2) is 0 Å². The molecule has 0 unspecified atom stereocenters. The normalized spacial score (nSPS) is 9.56. The Labute approximate surface area is 108 Å². The molecule has 0 aromatic heterocycles. The van der Waals surface area contributed by atoms with E-state index in [4.69, 9.17) is 23.1 Å². The van der Waals surface area contributed by atoms with Gasteiger partial charge >= 0.3 is 11.7 Å². The molecule has 6 nitrogen and oxygen atoms in total. The average Bonchev–Trinajstić information content (AvgIpc) is 2.27. The molecule has 0 bridgehead atoms. The molecule has 0 fully saturated rings. The highest BCUT2D eigenvalue weighted by Crippen LogP contribution is 2.34. The molecule has 94 valence electrons. The number of nitro groups is 1. The number of anilines is 1. The molecule has 1 rings (SSSR count). The predicted octanol–water partition coefficient (Wildman–Crippen LogP) is 1.77. The largest absolute Gasteiger partial charge is 0.480 e. The molecule has 0 heterocycles. The van der Waals surface area contributed by atoms with E-state index in [1.807, 2.05) is 0 Å². The van der Waals surface area contributed by atoms with Gasteiger partial charge in [-0.2, -0.15) is 0 Å². The Morgan fingerprint density at radius 1 is 1.61 bits per heavy atom. The first kappa shape index (κ1) is 13.8. The lowest BCUT2D eigenvalue weighted by Gasteiger charge is -2.20. The lowest BCUT2D eigenvalue weighted by atomic mass is 10.2. The van der Waals surface area contributed by atoms with Crippen molar-refractivity contribution >= 4 is 28.9 Å². The molecule has 0 amide bonds. The van der Waals surface area contributed by atoms with E-state index in [2.05, 4.69) is 5.92 Å². The first-order valence-electron chi connectivity index (χ1n) is 4.80. The van der Waals surface area contributed by atoms with Crippen LogP contribution in [-0.2, 0) is 4.79 Å². The fourth-order valence-electron chi connectivity index (χ4n) is 1.44. The van der Waals surface area contributed by atoms with E-state index in [1.54, 1.807) is 0 Å². The van der Waals surface area contributed by atoms with Crippen LogP contribution in [0.1, 0.15) is 0 Å². The van der Waals surface area contributed by atoms with E-state index in [9.17, 15) is 14.9 Å². The summed E-state index contributed by atoms with van der Waals surface area (Å²) in [6, 6.07) is 4.26. The van der Waals surface area contributed by atoms with Crippen molar-refractivity contribution in [3.8, 4) is 12.3 Å². The first-order valence-corrected chi connectivity index (χ1v) is 5.18. The summed E-state index contributed by atoms with van der Waals surface area (Å²) in [5.41, 5.74) is -0.261. The molecule has 18 heavy (non-hydrogen) atoms. The van der Waals surface area contributed by atoms with Crippen LogP contribution in [0.25, 0.3) is 0 Å². The molecule has 7 heteroatoms. The van der Waals surface area contributed by atoms with Gasteiger partial charge in [-0.05, 0) is 12.1 Å². The maximum Gasteiger partial charge on any atom is 0.323 e. The minimum absolute atomic E-state index is 0.0620. The summed E-state index contributed by atoms with van der Waals surface area (Å²) in [6.07, 6.45) is 5.12. The van der Waals surface area contributed by atoms with Crippen LogP contribution in [0, 0.1) is 22.5 Å². The molecule has 0 atom stereocenters. The maximum absolute atomic E-state index is 10.9. The van der Waals surface area contributed by atoms with Crippen LogP contribution in [0.3, 0.4) is 0 Å². The van der Waals surface area contributed by atoms with Crippen molar-refractivity contribution in [3.05, 3.63) is 33.3 Å². The van der Waals surface area contributed by atoms with E-state index in [0.29, 0.717) is 0 Å². The number of benzene rings is 1. The zero-order chi connectivity index (χ0) is 13.7. The molecular weight excluding hydrogens is 260 g/mol. The lowest BCUT2D eigenvalue weighted by Crippen LogP contribution is -2.30. The standard InChI is InChI=1S/C11H9ClN2O4/c1-2-6-13(7-10(15)16)9-5-3-4-8(12)11(9)14(17)18/h1,3-5H,6-7H2,(H,15,16). The lowest BCUT2D eigenvalue weighted by molar-refractivity contribution is -0.384. The Balaban J connectivity index is 3.27. The van der Waals surface area contributed by atoms with E-state index >= 15 is 0 Å². The van der Waals surface area contributed by atoms with Gasteiger partial charge in [-0.15, -0.1) is 6.42 Å². The SMILES string of the molecule is C#CCN(CC(=O)O)c1cccc(Cl)c1[N+](=O)[O-]. The van der Waals surface area contributed by atoms with Crippen molar-refractivity contribution in [2.24, 2.45) is 0 Å². The van der Waals surface area contributed by atoms with Crippen molar-refractivity contribution in [1.29, 1.82) is 0 Å². The molecule has 0 aliphatic heterocycles.